The second-order valence-corrected chi connectivity index (χ2v) is 7.58. The van der Waals surface area contributed by atoms with E-state index in [1.165, 1.54) is 5.69 Å². The molecule has 30 heavy (non-hydrogen) atoms. The second-order valence-electron chi connectivity index (χ2n) is 7.58. The maximum absolute atomic E-state index is 12.4. The van der Waals surface area contributed by atoms with E-state index in [2.05, 4.69) is 40.5 Å². The van der Waals surface area contributed by atoms with E-state index in [0.717, 1.165) is 54.1 Å². The molecule has 0 aromatic heterocycles. The Morgan fingerprint density at radius 3 is 2.70 bits per heavy atom. The van der Waals surface area contributed by atoms with Gasteiger partial charge in [-0.15, -0.1) is 0 Å². The predicted octanol–water partition coefficient (Wildman–Crippen LogP) is 4.78. The highest BCUT2D eigenvalue weighted by Crippen LogP contribution is 2.26. The molecule has 1 heterocycles. The third-order valence-electron chi connectivity index (χ3n) is 5.42. The average Bonchev–Trinajstić information content (AvgIpc) is 2.79. The first kappa shape index (κ1) is 20.2. The van der Waals surface area contributed by atoms with Gasteiger partial charge in [-0.25, -0.2) is 0 Å². The molecule has 5 heteroatoms. The molecule has 1 amide bonds. The Hall–Kier alpha value is -3.05. The zero-order valence-electron chi connectivity index (χ0n) is 17.4. The molecule has 0 spiro atoms. The maximum atomic E-state index is 12.4. The van der Waals surface area contributed by atoms with Crippen molar-refractivity contribution in [3.63, 3.8) is 0 Å². The molecule has 1 N–H and O–H groups in total. The van der Waals surface area contributed by atoms with E-state index in [1.807, 2.05) is 37.3 Å². The molecule has 0 aliphatic carbocycles. The molecular weight excluding hydrogens is 376 g/mol. The Bertz CT molecular complexity index is 1010. The van der Waals surface area contributed by atoms with Crippen LogP contribution in [0.2, 0.25) is 0 Å². The highest BCUT2D eigenvalue weighted by molar-refractivity contribution is 5.92. The number of nitrogens with one attached hydrogen (secondary N) is 1. The summed E-state index contributed by atoms with van der Waals surface area (Å²) in [5.41, 5.74) is 3.11. The van der Waals surface area contributed by atoms with Crippen molar-refractivity contribution >= 4 is 28.1 Å². The number of morpholine rings is 1. The van der Waals surface area contributed by atoms with E-state index in [1.54, 1.807) is 0 Å². The topological polar surface area (TPSA) is 50.8 Å². The van der Waals surface area contributed by atoms with Gasteiger partial charge in [-0.2, -0.15) is 0 Å². The summed E-state index contributed by atoms with van der Waals surface area (Å²) >= 11 is 0. The predicted molar refractivity (Wildman–Crippen MR) is 122 cm³/mol. The van der Waals surface area contributed by atoms with E-state index in [0.29, 0.717) is 19.4 Å². The van der Waals surface area contributed by atoms with Gasteiger partial charge in [-0.1, -0.05) is 36.4 Å². The van der Waals surface area contributed by atoms with Crippen molar-refractivity contribution in [3.05, 3.63) is 66.2 Å². The number of carbonyl (C=O) groups excluding carboxylic acids is 1. The Balaban J connectivity index is 1.26. The molecule has 0 radical (unpaired) electrons. The fourth-order valence-corrected chi connectivity index (χ4v) is 3.76. The van der Waals surface area contributed by atoms with E-state index >= 15 is 0 Å². The molecule has 5 nitrogen and oxygen atoms in total. The lowest BCUT2D eigenvalue weighted by atomic mass is 10.1. The molecule has 0 unspecified atom stereocenters. The lowest BCUT2D eigenvalue weighted by Gasteiger charge is -2.29. The Kier molecular flexibility index (Phi) is 6.50. The number of aryl methyl sites for hydroxylation is 1. The van der Waals surface area contributed by atoms with Crippen LogP contribution in [0.25, 0.3) is 10.8 Å². The number of hydrogen-bond acceptors (Lipinski definition) is 4. The van der Waals surface area contributed by atoms with Gasteiger partial charge in [0.2, 0.25) is 5.91 Å². The fourth-order valence-electron chi connectivity index (χ4n) is 3.76. The van der Waals surface area contributed by atoms with Crippen LogP contribution in [0.15, 0.2) is 60.7 Å². The normalized spacial score (nSPS) is 14.0. The van der Waals surface area contributed by atoms with Crippen molar-refractivity contribution in [3.8, 4) is 5.75 Å². The highest BCUT2D eigenvalue weighted by atomic mass is 16.5. The number of nitrogens with zero attached hydrogens (tertiary/aromatic N) is 1. The summed E-state index contributed by atoms with van der Waals surface area (Å²) in [4.78, 5) is 14.7. The third-order valence-corrected chi connectivity index (χ3v) is 5.42. The second kappa shape index (κ2) is 9.63. The van der Waals surface area contributed by atoms with Crippen LogP contribution in [0.4, 0.5) is 11.4 Å². The number of rotatable bonds is 7. The quantitative estimate of drug-likeness (QED) is 0.576. The van der Waals surface area contributed by atoms with Crippen LogP contribution in [0.5, 0.6) is 5.75 Å². The standard InChI is InChI=1S/C25H28N2O3/c1-19-18-21(27-13-16-29-17-14-27)11-12-23(19)26-25(28)10-5-15-30-24-9-4-7-20-6-2-3-8-22(20)24/h2-4,6-9,11-12,18H,5,10,13-17H2,1H3,(H,26,28). The first-order valence-corrected chi connectivity index (χ1v) is 10.5. The lowest BCUT2D eigenvalue weighted by Crippen LogP contribution is -2.36. The Morgan fingerprint density at radius 1 is 1.07 bits per heavy atom. The summed E-state index contributed by atoms with van der Waals surface area (Å²) in [5, 5.41) is 5.28. The van der Waals surface area contributed by atoms with Gasteiger partial charge < -0.3 is 19.7 Å². The molecule has 0 bridgehead atoms. The summed E-state index contributed by atoms with van der Waals surface area (Å²) in [6, 6.07) is 20.4. The van der Waals surface area contributed by atoms with Crippen molar-refractivity contribution < 1.29 is 14.3 Å². The van der Waals surface area contributed by atoms with Crippen molar-refractivity contribution in [2.24, 2.45) is 0 Å². The van der Waals surface area contributed by atoms with Crippen molar-refractivity contribution in [2.75, 3.05) is 43.1 Å². The van der Waals surface area contributed by atoms with Gasteiger partial charge in [-0.3, -0.25) is 4.79 Å². The molecule has 1 aliphatic rings. The summed E-state index contributed by atoms with van der Waals surface area (Å²) in [7, 11) is 0. The van der Waals surface area contributed by atoms with Crippen molar-refractivity contribution in [1.29, 1.82) is 0 Å². The van der Waals surface area contributed by atoms with Crippen LogP contribution in [0, 0.1) is 6.92 Å². The van der Waals surface area contributed by atoms with Crippen molar-refractivity contribution in [2.45, 2.75) is 19.8 Å². The number of anilines is 2. The van der Waals surface area contributed by atoms with Crippen LogP contribution < -0.4 is 15.0 Å². The first-order chi connectivity index (χ1) is 14.7. The third kappa shape index (κ3) is 4.92. The molecule has 156 valence electrons. The minimum atomic E-state index is 0.0127. The van der Waals surface area contributed by atoms with Gasteiger partial charge in [0.1, 0.15) is 5.75 Å². The number of carbonyl (C=O) groups is 1. The number of amides is 1. The number of benzene rings is 3. The monoisotopic (exact) mass is 404 g/mol. The fraction of sp³-hybridized carbons (Fsp3) is 0.320. The Morgan fingerprint density at radius 2 is 1.87 bits per heavy atom. The van der Waals surface area contributed by atoms with Gasteiger partial charge in [0.15, 0.2) is 0 Å². The van der Waals surface area contributed by atoms with Crippen LogP contribution in [0.1, 0.15) is 18.4 Å². The van der Waals surface area contributed by atoms with Crippen LogP contribution >= 0.6 is 0 Å². The van der Waals surface area contributed by atoms with Gasteiger partial charge in [0, 0.05) is 36.3 Å². The van der Waals surface area contributed by atoms with E-state index < -0.39 is 0 Å². The molecule has 1 saturated heterocycles. The van der Waals surface area contributed by atoms with E-state index in [4.69, 9.17) is 9.47 Å². The molecule has 0 atom stereocenters. The average molecular weight is 405 g/mol. The number of hydrogen-bond donors (Lipinski definition) is 1. The number of ether oxygens (including phenoxy) is 2. The van der Waals surface area contributed by atoms with Gasteiger partial charge in [-0.05, 0) is 48.6 Å². The van der Waals surface area contributed by atoms with Gasteiger partial charge >= 0.3 is 0 Å². The minimum Gasteiger partial charge on any atom is -0.493 e. The molecule has 3 aromatic rings. The Labute approximate surface area is 177 Å². The molecule has 0 saturated carbocycles. The number of fused-ring (bicyclic) bond motifs is 1. The molecule has 1 aliphatic heterocycles. The lowest BCUT2D eigenvalue weighted by molar-refractivity contribution is -0.116. The van der Waals surface area contributed by atoms with Crippen LogP contribution in [-0.4, -0.2) is 38.8 Å². The molecule has 4 rings (SSSR count). The van der Waals surface area contributed by atoms with Gasteiger partial charge in [0.25, 0.3) is 0 Å². The smallest absolute Gasteiger partial charge is 0.224 e. The minimum absolute atomic E-state index is 0.0127. The summed E-state index contributed by atoms with van der Waals surface area (Å²) < 4.78 is 11.3. The zero-order valence-corrected chi connectivity index (χ0v) is 17.4. The zero-order chi connectivity index (χ0) is 20.8. The van der Waals surface area contributed by atoms with E-state index in [-0.39, 0.29) is 5.91 Å². The van der Waals surface area contributed by atoms with Crippen LogP contribution in [-0.2, 0) is 9.53 Å². The maximum Gasteiger partial charge on any atom is 0.224 e. The van der Waals surface area contributed by atoms with Crippen LogP contribution in [0.3, 0.4) is 0 Å². The summed E-state index contributed by atoms with van der Waals surface area (Å²) in [5.74, 6) is 0.877. The SMILES string of the molecule is Cc1cc(N2CCOCC2)ccc1NC(=O)CCCOc1cccc2ccccc12. The molecular formula is C25H28N2O3. The van der Waals surface area contributed by atoms with Crippen molar-refractivity contribution in [1.82, 2.24) is 0 Å². The molecule has 3 aromatic carbocycles. The molecule has 1 fully saturated rings. The summed E-state index contributed by atoms with van der Waals surface area (Å²) in [6.07, 6.45) is 1.09. The highest BCUT2D eigenvalue weighted by Gasteiger charge is 2.13. The largest absolute Gasteiger partial charge is 0.493 e. The van der Waals surface area contributed by atoms with E-state index in [9.17, 15) is 4.79 Å². The van der Waals surface area contributed by atoms with Gasteiger partial charge in [0.05, 0.1) is 19.8 Å². The summed E-state index contributed by atoms with van der Waals surface area (Å²) in [6.45, 7) is 5.88. The first-order valence-electron chi connectivity index (χ1n) is 10.5.